The molecule has 4 rings (SSSR count). The first-order valence-corrected chi connectivity index (χ1v) is 13.8. The molecule has 1 saturated carbocycles. The first kappa shape index (κ1) is 26.7. The Kier molecular flexibility index (Phi) is 9.18. The SMILES string of the molecule is COC(=O)/C=C/c1cccc(N(Cc2ccc(-c3ccc(SC)c(F)c3)cc2)C(=O)C2CCCCC2)c1. The average Bonchev–Trinajstić information content (AvgIpc) is 2.95. The summed E-state index contributed by atoms with van der Waals surface area (Å²) in [6, 6.07) is 20.9. The number of amides is 1. The third-order valence-corrected chi connectivity index (χ3v) is 7.57. The number of hydrogen-bond donors (Lipinski definition) is 0. The zero-order valence-corrected chi connectivity index (χ0v) is 22.1. The predicted octanol–water partition coefficient (Wildman–Crippen LogP) is 7.51. The molecular formula is C31H32FNO3S. The Morgan fingerprint density at radius 3 is 2.41 bits per heavy atom. The number of nitrogens with zero attached hydrogens (tertiary/aromatic N) is 1. The molecule has 4 nitrogen and oxygen atoms in total. The van der Waals surface area contributed by atoms with Gasteiger partial charge in [-0.1, -0.05) is 61.7 Å². The number of halogens is 1. The van der Waals surface area contributed by atoms with Crippen LogP contribution in [0.3, 0.4) is 0 Å². The summed E-state index contributed by atoms with van der Waals surface area (Å²) in [7, 11) is 1.34. The lowest BCUT2D eigenvalue weighted by Crippen LogP contribution is -2.36. The van der Waals surface area contributed by atoms with Crippen LogP contribution in [0, 0.1) is 11.7 Å². The Bertz CT molecular complexity index is 1270. The van der Waals surface area contributed by atoms with Crippen LogP contribution in [0.25, 0.3) is 17.2 Å². The van der Waals surface area contributed by atoms with E-state index in [1.165, 1.54) is 31.4 Å². The van der Waals surface area contributed by atoms with Gasteiger partial charge in [0.05, 0.1) is 13.7 Å². The molecule has 0 bridgehead atoms. The number of benzene rings is 3. The summed E-state index contributed by atoms with van der Waals surface area (Å²) in [6.07, 6.45) is 10.1. The van der Waals surface area contributed by atoms with Gasteiger partial charge in [0.15, 0.2) is 0 Å². The van der Waals surface area contributed by atoms with Gasteiger partial charge in [0.1, 0.15) is 5.82 Å². The molecule has 0 spiro atoms. The first-order chi connectivity index (χ1) is 18.0. The van der Waals surface area contributed by atoms with Gasteiger partial charge in [0, 0.05) is 22.6 Å². The van der Waals surface area contributed by atoms with Crippen LogP contribution in [0.5, 0.6) is 0 Å². The summed E-state index contributed by atoms with van der Waals surface area (Å²) in [6.45, 7) is 0.430. The van der Waals surface area contributed by atoms with Crippen LogP contribution in [-0.4, -0.2) is 25.2 Å². The molecule has 0 heterocycles. The van der Waals surface area contributed by atoms with Crippen molar-refractivity contribution in [3.8, 4) is 11.1 Å². The lowest BCUT2D eigenvalue weighted by molar-refractivity contribution is -0.134. The highest BCUT2D eigenvalue weighted by molar-refractivity contribution is 7.98. The number of rotatable bonds is 8. The van der Waals surface area contributed by atoms with Crippen molar-refractivity contribution in [3.05, 3.63) is 89.8 Å². The molecule has 192 valence electrons. The molecular weight excluding hydrogens is 485 g/mol. The Hall–Kier alpha value is -3.38. The quantitative estimate of drug-likeness (QED) is 0.176. The van der Waals surface area contributed by atoms with Crippen molar-refractivity contribution in [1.29, 1.82) is 0 Å². The van der Waals surface area contributed by atoms with Gasteiger partial charge >= 0.3 is 5.97 Å². The summed E-state index contributed by atoms with van der Waals surface area (Å²) in [5, 5.41) is 0. The van der Waals surface area contributed by atoms with Gasteiger partial charge in [0.2, 0.25) is 5.91 Å². The second kappa shape index (κ2) is 12.7. The van der Waals surface area contributed by atoms with E-state index in [9.17, 15) is 14.0 Å². The topological polar surface area (TPSA) is 46.6 Å². The van der Waals surface area contributed by atoms with Crippen molar-refractivity contribution in [2.75, 3.05) is 18.3 Å². The van der Waals surface area contributed by atoms with E-state index in [0.717, 1.165) is 53.6 Å². The molecule has 37 heavy (non-hydrogen) atoms. The van der Waals surface area contributed by atoms with E-state index in [0.29, 0.717) is 11.4 Å². The van der Waals surface area contributed by atoms with Crippen molar-refractivity contribution >= 4 is 35.4 Å². The maximum absolute atomic E-state index is 14.3. The van der Waals surface area contributed by atoms with Crippen LogP contribution in [0.15, 0.2) is 77.7 Å². The van der Waals surface area contributed by atoms with Crippen LogP contribution >= 0.6 is 11.8 Å². The smallest absolute Gasteiger partial charge is 0.330 e. The number of hydrogen-bond acceptors (Lipinski definition) is 4. The predicted molar refractivity (Wildman–Crippen MR) is 149 cm³/mol. The van der Waals surface area contributed by atoms with Crippen LogP contribution in [-0.2, 0) is 20.9 Å². The third kappa shape index (κ3) is 6.89. The molecule has 6 heteroatoms. The fourth-order valence-corrected chi connectivity index (χ4v) is 5.18. The Labute approximate surface area is 222 Å². The van der Waals surface area contributed by atoms with Crippen LogP contribution in [0.4, 0.5) is 10.1 Å². The summed E-state index contributed by atoms with van der Waals surface area (Å²) in [4.78, 5) is 27.7. The van der Waals surface area contributed by atoms with E-state index in [1.54, 1.807) is 18.2 Å². The van der Waals surface area contributed by atoms with Crippen molar-refractivity contribution in [2.24, 2.45) is 5.92 Å². The standard InChI is InChI=1S/C31H32FNO3S/c1-36-30(34)18-13-22-7-6-10-27(19-22)33(31(35)25-8-4-3-5-9-25)21-23-11-14-24(15-12-23)26-16-17-29(37-2)28(32)20-26/h6-7,10-20,25H,3-5,8-9,21H2,1-2H3/b18-13+. The van der Waals surface area contributed by atoms with E-state index in [-0.39, 0.29) is 17.6 Å². The Morgan fingerprint density at radius 2 is 1.73 bits per heavy atom. The average molecular weight is 518 g/mol. The molecule has 0 atom stereocenters. The molecule has 0 aliphatic heterocycles. The lowest BCUT2D eigenvalue weighted by Gasteiger charge is -2.30. The van der Waals surface area contributed by atoms with E-state index >= 15 is 0 Å². The van der Waals surface area contributed by atoms with Crippen molar-refractivity contribution < 1.29 is 18.7 Å². The van der Waals surface area contributed by atoms with Gasteiger partial charge in [-0.15, -0.1) is 11.8 Å². The summed E-state index contributed by atoms with van der Waals surface area (Å²) < 4.78 is 19.0. The molecule has 1 aliphatic carbocycles. The fourth-order valence-electron chi connectivity index (χ4n) is 4.73. The molecule has 1 aliphatic rings. The highest BCUT2D eigenvalue weighted by Crippen LogP contribution is 2.30. The molecule has 1 fully saturated rings. The zero-order valence-electron chi connectivity index (χ0n) is 21.3. The Morgan fingerprint density at radius 1 is 1.00 bits per heavy atom. The lowest BCUT2D eigenvalue weighted by atomic mass is 9.88. The van der Waals surface area contributed by atoms with Gasteiger partial charge in [0.25, 0.3) is 0 Å². The van der Waals surface area contributed by atoms with Crippen LogP contribution in [0.1, 0.15) is 43.2 Å². The molecule has 0 unspecified atom stereocenters. The minimum Gasteiger partial charge on any atom is -0.466 e. The van der Waals surface area contributed by atoms with Crippen LogP contribution in [0.2, 0.25) is 0 Å². The molecule has 0 N–H and O–H groups in total. The highest BCUT2D eigenvalue weighted by Gasteiger charge is 2.27. The highest BCUT2D eigenvalue weighted by atomic mass is 32.2. The van der Waals surface area contributed by atoms with E-state index in [2.05, 4.69) is 0 Å². The van der Waals surface area contributed by atoms with Crippen molar-refractivity contribution in [2.45, 2.75) is 43.5 Å². The minimum atomic E-state index is -0.427. The number of methoxy groups -OCH3 is 1. The van der Waals surface area contributed by atoms with Gasteiger partial charge < -0.3 is 9.64 Å². The maximum Gasteiger partial charge on any atom is 0.330 e. The van der Waals surface area contributed by atoms with Crippen molar-refractivity contribution in [3.63, 3.8) is 0 Å². The molecule has 3 aromatic carbocycles. The summed E-state index contributed by atoms with van der Waals surface area (Å²) >= 11 is 1.39. The third-order valence-electron chi connectivity index (χ3n) is 6.80. The second-order valence-corrected chi connectivity index (χ2v) is 10.1. The molecule has 0 radical (unpaired) electrons. The number of thioether (sulfide) groups is 1. The molecule has 0 saturated heterocycles. The van der Waals surface area contributed by atoms with Crippen LogP contribution < -0.4 is 4.90 Å². The normalized spacial score (nSPS) is 14.0. The summed E-state index contributed by atoms with van der Waals surface area (Å²) in [5.74, 6) is -0.504. The number of anilines is 1. The maximum atomic E-state index is 14.3. The molecule has 1 amide bonds. The number of carbonyl (C=O) groups is 2. The monoisotopic (exact) mass is 517 g/mol. The largest absolute Gasteiger partial charge is 0.466 e. The number of esters is 1. The van der Waals surface area contributed by atoms with Gasteiger partial charge in [-0.3, -0.25) is 4.79 Å². The second-order valence-electron chi connectivity index (χ2n) is 9.26. The molecule has 0 aromatic heterocycles. The fraction of sp³-hybridized carbons (Fsp3) is 0.290. The van der Waals surface area contributed by atoms with Gasteiger partial charge in [-0.2, -0.15) is 0 Å². The minimum absolute atomic E-state index is 0.0141. The summed E-state index contributed by atoms with van der Waals surface area (Å²) in [5.41, 5.74) is 4.35. The van der Waals surface area contributed by atoms with Gasteiger partial charge in [-0.05, 0) is 71.7 Å². The number of ether oxygens (including phenoxy) is 1. The number of carbonyl (C=O) groups excluding carboxylic acids is 2. The zero-order chi connectivity index (χ0) is 26.2. The van der Waals surface area contributed by atoms with E-state index in [1.807, 2.05) is 65.8 Å². The first-order valence-electron chi connectivity index (χ1n) is 12.6. The van der Waals surface area contributed by atoms with E-state index in [4.69, 9.17) is 4.74 Å². The Balaban J connectivity index is 1.60. The van der Waals surface area contributed by atoms with E-state index < -0.39 is 5.97 Å². The van der Waals surface area contributed by atoms with Gasteiger partial charge in [-0.25, -0.2) is 9.18 Å². The van der Waals surface area contributed by atoms with Crippen molar-refractivity contribution in [1.82, 2.24) is 0 Å². The molecule has 3 aromatic rings.